The number of hydrogen-bond donors (Lipinski definition) is 1. The highest BCUT2D eigenvalue weighted by Crippen LogP contribution is 2.43. The van der Waals surface area contributed by atoms with Gasteiger partial charge in [-0.3, -0.25) is 4.79 Å². The number of rotatable bonds is 4. The van der Waals surface area contributed by atoms with Gasteiger partial charge >= 0.3 is 6.09 Å². The second kappa shape index (κ2) is 8.44. The summed E-state index contributed by atoms with van der Waals surface area (Å²) in [5, 5.41) is 3.21. The monoisotopic (exact) mass is 450 g/mol. The number of benzene rings is 1. The first kappa shape index (κ1) is 21.2. The molecule has 1 N–H and O–H groups in total. The number of halogens is 1. The maximum atomic E-state index is 12.7. The molecule has 2 fully saturated rings. The van der Waals surface area contributed by atoms with E-state index in [1.165, 1.54) is 12.0 Å². The Balaban J connectivity index is 1.50. The smallest absolute Gasteiger partial charge is 0.410 e. The predicted molar refractivity (Wildman–Crippen MR) is 113 cm³/mol. The van der Waals surface area contributed by atoms with Crippen LogP contribution in [0.25, 0.3) is 0 Å². The summed E-state index contributed by atoms with van der Waals surface area (Å²) in [5.74, 6) is 0.0865. The van der Waals surface area contributed by atoms with Gasteiger partial charge in [0.2, 0.25) is 5.91 Å². The summed E-state index contributed by atoms with van der Waals surface area (Å²) >= 11 is 3.56. The van der Waals surface area contributed by atoms with Gasteiger partial charge in [-0.25, -0.2) is 4.79 Å². The Morgan fingerprint density at radius 3 is 2.46 bits per heavy atom. The van der Waals surface area contributed by atoms with Gasteiger partial charge in [0.1, 0.15) is 5.60 Å². The molecule has 0 radical (unpaired) electrons. The molecule has 2 aliphatic rings. The number of hydrogen-bond acceptors (Lipinski definition) is 3. The van der Waals surface area contributed by atoms with Crippen LogP contribution >= 0.6 is 15.9 Å². The fraction of sp³-hybridized carbons (Fsp3) is 0.636. The summed E-state index contributed by atoms with van der Waals surface area (Å²) in [7, 11) is 0. The molecule has 154 valence electrons. The fourth-order valence-corrected chi connectivity index (χ4v) is 4.44. The van der Waals surface area contributed by atoms with Gasteiger partial charge in [0.25, 0.3) is 0 Å². The fourth-order valence-electron chi connectivity index (χ4n) is 4.04. The van der Waals surface area contributed by atoms with E-state index in [9.17, 15) is 9.59 Å². The molecule has 1 aromatic rings. The molecule has 0 spiro atoms. The van der Waals surface area contributed by atoms with Gasteiger partial charge in [0.15, 0.2) is 0 Å². The molecular formula is C22H31BrN2O3. The summed E-state index contributed by atoms with van der Waals surface area (Å²) < 4.78 is 6.51. The van der Waals surface area contributed by atoms with Gasteiger partial charge in [-0.15, -0.1) is 0 Å². The molecule has 1 heterocycles. The molecule has 0 unspecified atom stereocenters. The van der Waals surface area contributed by atoms with Crippen molar-refractivity contribution in [2.75, 3.05) is 19.6 Å². The average molecular weight is 451 g/mol. The Bertz CT molecular complexity index is 717. The van der Waals surface area contributed by atoms with Gasteiger partial charge in [0.05, 0.1) is 0 Å². The van der Waals surface area contributed by atoms with Crippen molar-refractivity contribution in [1.82, 2.24) is 10.2 Å². The van der Waals surface area contributed by atoms with Gasteiger partial charge < -0.3 is 15.0 Å². The number of nitrogens with one attached hydrogen (secondary N) is 1. The molecule has 1 saturated heterocycles. The zero-order chi connectivity index (χ0) is 20.4. The molecule has 0 atom stereocenters. The van der Waals surface area contributed by atoms with Crippen LogP contribution < -0.4 is 5.32 Å². The van der Waals surface area contributed by atoms with Crippen molar-refractivity contribution >= 4 is 27.9 Å². The molecule has 28 heavy (non-hydrogen) atoms. The SMILES string of the molecule is CC(C)(C)OC(=O)N1CCC(C(=O)NCC2(c3cccc(Br)c3)CCC2)CC1. The van der Waals surface area contributed by atoms with Crippen LogP contribution in [-0.4, -0.2) is 42.1 Å². The average Bonchev–Trinajstić information content (AvgIpc) is 2.59. The second-order valence-corrected chi connectivity index (χ2v) is 10.0. The number of carbonyl (C=O) groups excluding carboxylic acids is 2. The number of nitrogens with zero attached hydrogens (tertiary/aromatic N) is 1. The minimum absolute atomic E-state index is 0.0293. The second-order valence-electron chi connectivity index (χ2n) is 9.10. The minimum Gasteiger partial charge on any atom is -0.444 e. The summed E-state index contributed by atoms with van der Waals surface area (Å²) in [6.45, 7) is 7.44. The van der Waals surface area contributed by atoms with E-state index in [-0.39, 0.29) is 23.3 Å². The van der Waals surface area contributed by atoms with Crippen LogP contribution in [0.1, 0.15) is 58.4 Å². The van der Waals surface area contributed by atoms with Gasteiger partial charge in [0, 0.05) is 35.4 Å². The van der Waals surface area contributed by atoms with Gasteiger partial charge in [-0.05, 0) is 64.2 Å². The molecular weight excluding hydrogens is 420 g/mol. The molecule has 1 saturated carbocycles. The van der Waals surface area contributed by atoms with Crippen LogP contribution in [-0.2, 0) is 14.9 Å². The van der Waals surface area contributed by atoms with Crippen molar-refractivity contribution in [2.45, 2.75) is 63.9 Å². The van der Waals surface area contributed by atoms with Crippen LogP contribution in [0, 0.1) is 5.92 Å². The molecule has 2 amide bonds. The summed E-state index contributed by atoms with van der Waals surface area (Å²) in [5.41, 5.74) is 0.874. The summed E-state index contributed by atoms with van der Waals surface area (Å²) in [6.07, 6.45) is 4.52. The standard InChI is InChI=1S/C22H31BrN2O3/c1-21(2,3)28-20(27)25-12-8-16(9-13-25)19(26)24-15-22(10-5-11-22)17-6-4-7-18(23)14-17/h4,6-7,14,16H,5,8-13,15H2,1-3H3,(H,24,26). The van der Waals surface area contributed by atoms with E-state index in [1.807, 2.05) is 26.8 Å². The van der Waals surface area contributed by atoms with E-state index in [1.54, 1.807) is 4.90 Å². The molecule has 6 heteroatoms. The number of piperidine rings is 1. The van der Waals surface area contributed by atoms with Crippen LogP contribution in [0.4, 0.5) is 4.79 Å². The highest BCUT2D eigenvalue weighted by atomic mass is 79.9. The molecule has 1 aromatic carbocycles. The van der Waals surface area contributed by atoms with E-state index in [4.69, 9.17) is 4.74 Å². The van der Waals surface area contributed by atoms with Gasteiger partial charge in [-0.1, -0.05) is 34.5 Å². The third-order valence-corrected chi connectivity index (χ3v) is 6.36. The summed E-state index contributed by atoms with van der Waals surface area (Å²) in [6, 6.07) is 8.43. The van der Waals surface area contributed by atoms with E-state index in [0.717, 1.165) is 17.3 Å². The first-order valence-electron chi connectivity index (χ1n) is 10.2. The molecule has 1 aliphatic heterocycles. The lowest BCUT2D eigenvalue weighted by atomic mass is 9.64. The molecule has 3 rings (SSSR count). The first-order chi connectivity index (χ1) is 13.2. The lowest BCUT2D eigenvalue weighted by Gasteiger charge is -2.43. The molecule has 5 nitrogen and oxygen atoms in total. The number of carbonyl (C=O) groups is 2. The Kier molecular flexibility index (Phi) is 6.37. The Morgan fingerprint density at radius 1 is 1.25 bits per heavy atom. The van der Waals surface area contributed by atoms with Crippen molar-refractivity contribution < 1.29 is 14.3 Å². The Labute approximate surface area is 176 Å². The minimum atomic E-state index is -0.491. The van der Waals surface area contributed by atoms with Crippen molar-refractivity contribution in [3.8, 4) is 0 Å². The van der Waals surface area contributed by atoms with E-state index in [0.29, 0.717) is 32.5 Å². The van der Waals surface area contributed by atoms with Crippen molar-refractivity contribution in [3.05, 3.63) is 34.3 Å². The Morgan fingerprint density at radius 2 is 1.93 bits per heavy atom. The Hall–Kier alpha value is -1.56. The van der Waals surface area contributed by atoms with Crippen LogP contribution in [0.5, 0.6) is 0 Å². The molecule has 0 bridgehead atoms. The third kappa shape index (κ3) is 5.07. The van der Waals surface area contributed by atoms with Crippen molar-refractivity contribution in [3.63, 3.8) is 0 Å². The molecule has 1 aliphatic carbocycles. The first-order valence-corrected chi connectivity index (χ1v) is 11.0. The quantitative estimate of drug-likeness (QED) is 0.726. The van der Waals surface area contributed by atoms with E-state index < -0.39 is 5.60 Å². The number of likely N-dealkylation sites (tertiary alicyclic amines) is 1. The van der Waals surface area contributed by atoms with Crippen LogP contribution in [0.15, 0.2) is 28.7 Å². The zero-order valence-corrected chi connectivity index (χ0v) is 18.7. The normalized spacial score (nSPS) is 19.6. The van der Waals surface area contributed by atoms with Crippen LogP contribution in [0.2, 0.25) is 0 Å². The van der Waals surface area contributed by atoms with E-state index in [2.05, 4.69) is 39.4 Å². The zero-order valence-electron chi connectivity index (χ0n) is 17.1. The lowest BCUT2D eigenvalue weighted by Crippen LogP contribution is -2.49. The highest BCUT2D eigenvalue weighted by Gasteiger charge is 2.39. The highest BCUT2D eigenvalue weighted by molar-refractivity contribution is 9.10. The van der Waals surface area contributed by atoms with Gasteiger partial charge in [-0.2, -0.15) is 0 Å². The predicted octanol–water partition coefficient (Wildman–Crippen LogP) is 4.63. The van der Waals surface area contributed by atoms with Crippen LogP contribution in [0.3, 0.4) is 0 Å². The van der Waals surface area contributed by atoms with E-state index >= 15 is 0 Å². The van der Waals surface area contributed by atoms with Crippen molar-refractivity contribution in [1.29, 1.82) is 0 Å². The topological polar surface area (TPSA) is 58.6 Å². The van der Waals surface area contributed by atoms with Crippen molar-refractivity contribution in [2.24, 2.45) is 5.92 Å². The third-order valence-electron chi connectivity index (χ3n) is 5.87. The number of amides is 2. The lowest BCUT2D eigenvalue weighted by molar-refractivity contribution is -0.127. The maximum absolute atomic E-state index is 12.7. The summed E-state index contributed by atoms with van der Waals surface area (Å²) in [4.78, 5) is 26.6. The number of ether oxygens (including phenoxy) is 1. The molecule has 0 aromatic heterocycles. The maximum Gasteiger partial charge on any atom is 0.410 e. The largest absolute Gasteiger partial charge is 0.444 e.